The van der Waals surface area contributed by atoms with Crippen molar-refractivity contribution in [1.82, 2.24) is 9.80 Å². The molecule has 0 spiro atoms. The molecule has 0 aromatic heterocycles. The maximum absolute atomic E-state index is 13.5. The van der Waals surface area contributed by atoms with Crippen LogP contribution in [0.25, 0.3) is 10.8 Å². The quantitative estimate of drug-likeness (QED) is 0.252. The molecule has 42 heavy (non-hydrogen) atoms. The zero-order valence-electron chi connectivity index (χ0n) is 23.7. The molecule has 0 atom stereocenters. The molecule has 0 bridgehead atoms. The third-order valence-corrected chi connectivity index (χ3v) is 8.21. The summed E-state index contributed by atoms with van der Waals surface area (Å²) in [6, 6.07) is 26.3. The second kappa shape index (κ2) is 11.1. The lowest BCUT2D eigenvalue weighted by Gasteiger charge is -2.32. The number of hydrogen-bond donors (Lipinski definition) is 0. The molecule has 0 saturated heterocycles. The van der Waals surface area contributed by atoms with Crippen LogP contribution in [0, 0.1) is 0 Å². The van der Waals surface area contributed by atoms with Crippen molar-refractivity contribution in [3.8, 4) is 0 Å². The number of carbonyl (C=O) groups excluding carboxylic acids is 4. The number of anilines is 2. The highest BCUT2D eigenvalue weighted by Crippen LogP contribution is 2.38. The van der Waals surface area contributed by atoms with Gasteiger partial charge in [0.05, 0.1) is 0 Å². The number of rotatable bonds is 10. The van der Waals surface area contributed by atoms with Crippen LogP contribution in [0.4, 0.5) is 11.4 Å². The largest absolute Gasteiger partial charge is 0.375 e. The molecule has 0 radical (unpaired) electrons. The molecule has 4 amide bonds. The standard InChI is InChI=1S/C34H32N4O4/c1-35(23-11-5-3-6-12-23)19-9-21-37-31(39)25-15-17-27-30-28(18-16-26(29(25)30)32(37)40)34(42)38(33(27)41)22-10-20-36(2)24-13-7-4-8-14-24/h3-8,11-18H,9-10,19-22H2,1-2H3. The van der Waals surface area contributed by atoms with Crippen LogP contribution in [0.1, 0.15) is 54.3 Å². The number of hydrogen-bond acceptors (Lipinski definition) is 6. The van der Waals surface area contributed by atoms with Crippen molar-refractivity contribution < 1.29 is 19.2 Å². The third-order valence-electron chi connectivity index (χ3n) is 8.21. The van der Waals surface area contributed by atoms with Gasteiger partial charge in [0.1, 0.15) is 0 Å². The summed E-state index contributed by atoms with van der Waals surface area (Å²) in [5.41, 5.74) is 3.51. The second-order valence-electron chi connectivity index (χ2n) is 10.8. The average Bonchev–Trinajstić information content (AvgIpc) is 3.02. The van der Waals surface area contributed by atoms with E-state index in [1.807, 2.05) is 74.8 Å². The van der Waals surface area contributed by atoms with Gasteiger partial charge in [-0.2, -0.15) is 0 Å². The molecule has 2 heterocycles. The van der Waals surface area contributed by atoms with E-state index < -0.39 is 23.6 Å². The summed E-state index contributed by atoms with van der Waals surface area (Å²) < 4.78 is 0. The lowest BCUT2D eigenvalue weighted by molar-refractivity contribution is 0.0588. The Morgan fingerprint density at radius 3 is 1.10 bits per heavy atom. The van der Waals surface area contributed by atoms with Crippen molar-refractivity contribution in [3.05, 3.63) is 107 Å². The van der Waals surface area contributed by atoms with Crippen LogP contribution in [0.15, 0.2) is 84.9 Å². The van der Waals surface area contributed by atoms with Crippen LogP contribution in [-0.2, 0) is 0 Å². The van der Waals surface area contributed by atoms with Crippen molar-refractivity contribution in [3.63, 3.8) is 0 Å². The van der Waals surface area contributed by atoms with E-state index in [1.165, 1.54) is 9.80 Å². The van der Waals surface area contributed by atoms with Gasteiger partial charge >= 0.3 is 0 Å². The van der Waals surface area contributed by atoms with Crippen molar-refractivity contribution in [2.75, 3.05) is 50.1 Å². The summed E-state index contributed by atoms with van der Waals surface area (Å²) in [4.78, 5) is 60.9. The maximum Gasteiger partial charge on any atom is 0.261 e. The number of benzene rings is 4. The minimum Gasteiger partial charge on any atom is -0.375 e. The lowest BCUT2D eigenvalue weighted by Crippen LogP contribution is -2.44. The number of nitrogens with zero attached hydrogens (tertiary/aromatic N) is 4. The monoisotopic (exact) mass is 560 g/mol. The van der Waals surface area contributed by atoms with Crippen LogP contribution < -0.4 is 9.80 Å². The summed E-state index contributed by atoms with van der Waals surface area (Å²) >= 11 is 0. The van der Waals surface area contributed by atoms with Gasteiger partial charge in [-0.15, -0.1) is 0 Å². The Hall–Kier alpha value is -4.98. The van der Waals surface area contributed by atoms with Gasteiger partial charge in [0.15, 0.2) is 0 Å². The smallest absolute Gasteiger partial charge is 0.261 e. The van der Waals surface area contributed by atoms with Gasteiger partial charge in [-0.05, 0) is 61.4 Å². The second-order valence-corrected chi connectivity index (χ2v) is 10.8. The Bertz CT molecular complexity index is 1510. The molecule has 8 heteroatoms. The summed E-state index contributed by atoms with van der Waals surface area (Å²) in [5.74, 6) is -1.59. The zero-order valence-corrected chi connectivity index (χ0v) is 23.7. The van der Waals surface area contributed by atoms with E-state index in [9.17, 15) is 19.2 Å². The van der Waals surface area contributed by atoms with E-state index in [4.69, 9.17) is 0 Å². The highest BCUT2D eigenvalue weighted by Gasteiger charge is 2.39. The number of carbonyl (C=O) groups is 4. The molecule has 4 aromatic carbocycles. The first-order valence-corrected chi connectivity index (χ1v) is 14.2. The van der Waals surface area contributed by atoms with E-state index in [1.54, 1.807) is 24.3 Å². The highest BCUT2D eigenvalue weighted by molar-refractivity contribution is 6.33. The van der Waals surface area contributed by atoms with Gasteiger partial charge in [0.2, 0.25) is 0 Å². The first-order valence-electron chi connectivity index (χ1n) is 14.2. The van der Waals surface area contributed by atoms with Gasteiger partial charge in [-0.3, -0.25) is 29.0 Å². The molecule has 0 aliphatic carbocycles. The van der Waals surface area contributed by atoms with Crippen molar-refractivity contribution in [1.29, 1.82) is 0 Å². The Labute approximate surface area is 244 Å². The van der Waals surface area contributed by atoms with Crippen LogP contribution >= 0.6 is 0 Å². The van der Waals surface area contributed by atoms with E-state index in [0.29, 0.717) is 59.0 Å². The first kappa shape index (κ1) is 27.2. The van der Waals surface area contributed by atoms with Crippen LogP contribution in [0.3, 0.4) is 0 Å². The normalized spacial score (nSPS) is 14.1. The van der Waals surface area contributed by atoms with E-state index in [-0.39, 0.29) is 13.1 Å². The number of imide groups is 2. The third kappa shape index (κ3) is 4.68. The van der Waals surface area contributed by atoms with Crippen LogP contribution in [0.5, 0.6) is 0 Å². The summed E-state index contributed by atoms with van der Waals surface area (Å²) in [6.45, 7) is 1.87. The molecular formula is C34H32N4O4. The Morgan fingerprint density at radius 1 is 0.476 bits per heavy atom. The van der Waals surface area contributed by atoms with Crippen LogP contribution in [0.2, 0.25) is 0 Å². The van der Waals surface area contributed by atoms with Gasteiger partial charge < -0.3 is 9.80 Å². The Balaban J connectivity index is 1.20. The maximum atomic E-state index is 13.5. The molecule has 4 aromatic rings. The molecule has 8 nitrogen and oxygen atoms in total. The van der Waals surface area contributed by atoms with Gasteiger partial charge in [0, 0.05) is 84.7 Å². The summed E-state index contributed by atoms with van der Waals surface area (Å²) in [5, 5.41) is 0.811. The fraction of sp³-hybridized carbons (Fsp3) is 0.235. The topological polar surface area (TPSA) is 81.2 Å². The minimum atomic E-state index is -0.398. The predicted octanol–water partition coefficient (Wildman–Crippen LogP) is 5.08. The molecule has 0 fully saturated rings. The fourth-order valence-corrected chi connectivity index (χ4v) is 5.94. The predicted molar refractivity (Wildman–Crippen MR) is 163 cm³/mol. The zero-order chi connectivity index (χ0) is 29.4. The molecule has 212 valence electrons. The molecule has 2 aliphatic rings. The van der Waals surface area contributed by atoms with Crippen molar-refractivity contribution >= 4 is 45.8 Å². The molecule has 0 unspecified atom stereocenters. The number of amides is 4. The summed E-state index contributed by atoms with van der Waals surface area (Å²) in [7, 11) is 3.96. The fourth-order valence-electron chi connectivity index (χ4n) is 5.94. The first-order chi connectivity index (χ1) is 20.4. The van der Waals surface area contributed by atoms with Gasteiger partial charge in [0.25, 0.3) is 23.6 Å². The van der Waals surface area contributed by atoms with Crippen molar-refractivity contribution in [2.24, 2.45) is 0 Å². The molecule has 6 rings (SSSR count). The molecular weight excluding hydrogens is 528 g/mol. The highest BCUT2D eigenvalue weighted by atomic mass is 16.2. The van der Waals surface area contributed by atoms with Gasteiger partial charge in [-0.25, -0.2) is 0 Å². The molecule has 2 aliphatic heterocycles. The Morgan fingerprint density at radius 2 is 0.786 bits per heavy atom. The average molecular weight is 561 g/mol. The van der Waals surface area contributed by atoms with E-state index in [0.717, 1.165) is 11.4 Å². The SMILES string of the molecule is CN(CCCN1C(=O)c2ccc3c4c(ccc(c24)C1=O)C(=O)N(CCCN(C)c1ccccc1)C3=O)c1ccccc1. The summed E-state index contributed by atoms with van der Waals surface area (Å²) in [6.07, 6.45) is 1.20. The Kier molecular flexibility index (Phi) is 7.20. The number of para-hydroxylation sites is 2. The molecule has 0 N–H and O–H groups in total. The van der Waals surface area contributed by atoms with Crippen LogP contribution in [-0.4, -0.2) is 73.7 Å². The lowest BCUT2D eigenvalue weighted by atomic mass is 9.86. The van der Waals surface area contributed by atoms with Crippen molar-refractivity contribution in [2.45, 2.75) is 12.8 Å². The minimum absolute atomic E-state index is 0.266. The van der Waals surface area contributed by atoms with E-state index in [2.05, 4.69) is 9.80 Å². The van der Waals surface area contributed by atoms with E-state index >= 15 is 0 Å². The van der Waals surface area contributed by atoms with Gasteiger partial charge in [-0.1, -0.05) is 36.4 Å². The molecule has 0 saturated carbocycles.